The molecule has 1 aromatic rings. The van der Waals surface area contributed by atoms with Crippen LogP contribution in [0.3, 0.4) is 0 Å². The third kappa shape index (κ3) is 2.71. The molecule has 1 saturated heterocycles. The fourth-order valence-electron chi connectivity index (χ4n) is 3.18. The van der Waals surface area contributed by atoms with Gasteiger partial charge in [0, 0.05) is 12.7 Å². The lowest BCUT2D eigenvalue weighted by Crippen LogP contribution is -2.29. The highest BCUT2D eigenvalue weighted by atomic mass is 15.3. The van der Waals surface area contributed by atoms with Crippen molar-refractivity contribution in [2.45, 2.75) is 57.5 Å². The van der Waals surface area contributed by atoms with Gasteiger partial charge in [0.1, 0.15) is 0 Å². The van der Waals surface area contributed by atoms with Crippen molar-refractivity contribution in [3.63, 3.8) is 0 Å². The molecule has 0 spiro atoms. The van der Waals surface area contributed by atoms with Crippen LogP contribution in [-0.4, -0.2) is 27.8 Å². The maximum absolute atomic E-state index is 4.76. The molecule has 0 unspecified atom stereocenters. The van der Waals surface area contributed by atoms with E-state index in [-0.39, 0.29) is 0 Å². The zero-order valence-corrected chi connectivity index (χ0v) is 10.6. The zero-order valence-electron chi connectivity index (χ0n) is 10.6. The first-order valence-electron chi connectivity index (χ1n) is 7.18. The summed E-state index contributed by atoms with van der Waals surface area (Å²) in [4.78, 5) is 2.55. The average molecular weight is 233 g/mol. The predicted molar refractivity (Wildman–Crippen MR) is 68.9 cm³/mol. The molecule has 1 aromatic heterocycles. The van der Waals surface area contributed by atoms with Crippen LogP contribution in [0.5, 0.6) is 0 Å². The van der Waals surface area contributed by atoms with Crippen molar-refractivity contribution in [3.05, 3.63) is 18.0 Å². The smallest absolute Gasteiger partial charge is 0.0764 e. The van der Waals surface area contributed by atoms with E-state index in [1.807, 2.05) is 0 Å². The average Bonchev–Trinajstić information content (AvgIpc) is 3.00. The van der Waals surface area contributed by atoms with Crippen molar-refractivity contribution in [3.8, 4) is 0 Å². The van der Waals surface area contributed by atoms with Gasteiger partial charge in [-0.3, -0.25) is 9.58 Å². The highest BCUT2D eigenvalue weighted by molar-refractivity contribution is 5.00. The number of nitrogens with zero attached hydrogens (tertiary/aromatic N) is 3. The molecular weight excluding hydrogens is 210 g/mol. The van der Waals surface area contributed by atoms with Crippen LogP contribution < -0.4 is 0 Å². The Bertz CT molecular complexity index is 346. The molecule has 0 amide bonds. The number of aromatic nitrogens is 2. The monoisotopic (exact) mass is 233 g/mol. The van der Waals surface area contributed by atoms with Gasteiger partial charge < -0.3 is 0 Å². The molecule has 0 bridgehead atoms. The largest absolute Gasteiger partial charge is 0.297 e. The molecule has 3 heteroatoms. The van der Waals surface area contributed by atoms with Gasteiger partial charge in [-0.2, -0.15) is 5.10 Å². The third-order valence-corrected chi connectivity index (χ3v) is 4.20. The van der Waals surface area contributed by atoms with E-state index < -0.39 is 0 Å². The summed E-state index contributed by atoms with van der Waals surface area (Å²) in [5, 5.41) is 4.76. The summed E-state index contributed by atoms with van der Waals surface area (Å²) in [6, 6.07) is 2.90. The SMILES string of the molecule is c1cn(C2CCCC2)nc1CN1CCCCC1. The van der Waals surface area contributed by atoms with Crippen LogP contribution in [-0.2, 0) is 6.54 Å². The van der Waals surface area contributed by atoms with Crippen LogP contribution >= 0.6 is 0 Å². The summed E-state index contributed by atoms with van der Waals surface area (Å²) in [5.41, 5.74) is 1.26. The summed E-state index contributed by atoms with van der Waals surface area (Å²) < 4.78 is 2.21. The minimum atomic E-state index is 0.685. The van der Waals surface area contributed by atoms with Gasteiger partial charge in [0.05, 0.1) is 11.7 Å². The Morgan fingerprint density at radius 3 is 2.59 bits per heavy atom. The van der Waals surface area contributed by atoms with Gasteiger partial charge in [0.25, 0.3) is 0 Å². The molecule has 2 heterocycles. The van der Waals surface area contributed by atoms with E-state index >= 15 is 0 Å². The molecule has 0 radical (unpaired) electrons. The van der Waals surface area contributed by atoms with E-state index in [1.54, 1.807) is 0 Å². The van der Waals surface area contributed by atoms with Crippen LogP contribution in [0.25, 0.3) is 0 Å². The second kappa shape index (κ2) is 5.21. The van der Waals surface area contributed by atoms with Crippen molar-refractivity contribution < 1.29 is 0 Å². The molecule has 3 nitrogen and oxygen atoms in total. The fraction of sp³-hybridized carbons (Fsp3) is 0.786. The van der Waals surface area contributed by atoms with Gasteiger partial charge in [-0.05, 0) is 44.8 Å². The lowest BCUT2D eigenvalue weighted by Gasteiger charge is -2.25. The van der Waals surface area contributed by atoms with Crippen molar-refractivity contribution >= 4 is 0 Å². The Hall–Kier alpha value is -0.830. The Balaban J connectivity index is 1.59. The first-order chi connectivity index (χ1) is 8.42. The summed E-state index contributed by atoms with van der Waals surface area (Å²) in [6.07, 6.45) is 11.7. The van der Waals surface area contributed by atoms with Crippen LogP contribution in [0.1, 0.15) is 56.7 Å². The molecule has 2 aliphatic rings. The van der Waals surface area contributed by atoms with Crippen molar-refractivity contribution in [1.29, 1.82) is 0 Å². The molecule has 17 heavy (non-hydrogen) atoms. The molecule has 0 atom stereocenters. The number of piperidine rings is 1. The van der Waals surface area contributed by atoms with Crippen molar-refractivity contribution in [1.82, 2.24) is 14.7 Å². The second-order valence-electron chi connectivity index (χ2n) is 5.56. The van der Waals surface area contributed by atoms with Crippen LogP contribution in [0.15, 0.2) is 12.3 Å². The molecule has 0 N–H and O–H groups in total. The lowest BCUT2D eigenvalue weighted by molar-refractivity contribution is 0.217. The summed E-state index contributed by atoms with van der Waals surface area (Å²) >= 11 is 0. The van der Waals surface area contributed by atoms with Gasteiger partial charge >= 0.3 is 0 Å². The maximum Gasteiger partial charge on any atom is 0.0764 e. The molecule has 2 fully saturated rings. The van der Waals surface area contributed by atoms with E-state index in [4.69, 9.17) is 5.10 Å². The molecule has 1 aliphatic heterocycles. The number of hydrogen-bond acceptors (Lipinski definition) is 2. The van der Waals surface area contributed by atoms with E-state index in [2.05, 4.69) is 21.8 Å². The molecular formula is C14H23N3. The number of rotatable bonds is 3. The highest BCUT2D eigenvalue weighted by Crippen LogP contribution is 2.28. The quantitative estimate of drug-likeness (QED) is 0.800. The molecule has 3 rings (SSSR count). The topological polar surface area (TPSA) is 21.1 Å². The summed E-state index contributed by atoms with van der Waals surface area (Å²) in [6.45, 7) is 3.58. The van der Waals surface area contributed by atoms with Gasteiger partial charge in [-0.1, -0.05) is 19.3 Å². The summed E-state index contributed by atoms with van der Waals surface area (Å²) in [7, 11) is 0. The van der Waals surface area contributed by atoms with Gasteiger partial charge in [-0.15, -0.1) is 0 Å². The predicted octanol–water partition coefficient (Wildman–Crippen LogP) is 2.98. The van der Waals surface area contributed by atoms with Crippen LogP contribution in [0.2, 0.25) is 0 Å². The number of likely N-dealkylation sites (tertiary alicyclic amines) is 1. The number of hydrogen-bond donors (Lipinski definition) is 0. The fourth-order valence-corrected chi connectivity index (χ4v) is 3.18. The second-order valence-corrected chi connectivity index (χ2v) is 5.56. The third-order valence-electron chi connectivity index (χ3n) is 4.20. The molecule has 1 saturated carbocycles. The molecule has 0 aromatic carbocycles. The normalized spacial score (nSPS) is 23.3. The first-order valence-corrected chi connectivity index (χ1v) is 7.18. The van der Waals surface area contributed by atoms with E-state index in [9.17, 15) is 0 Å². The minimum Gasteiger partial charge on any atom is -0.297 e. The van der Waals surface area contributed by atoms with E-state index in [0.717, 1.165) is 6.54 Å². The summed E-state index contributed by atoms with van der Waals surface area (Å²) in [5.74, 6) is 0. The first kappa shape index (κ1) is 11.3. The van der Waals surface area contributed by atoms with E-state index in [1.165, 1.54) is 63.7 Å². The standard InChI is InChI=1S/C14H23N3/c1-4-9-16(10-5-1)12-13-8-11-17(15-13)14-6-2-3-7-14/h8,11,14H,1-7,9-10,12H2. The van der Waals surface area contributed by atoms with Crippen LogP contribution in [0, 0.1) is 0 Å². The van der Waals surface area contributed by atoms with Gasteiger partial charge in [-0.25, -0.2) is 0 Å². The lowest BCUT2D eigenvalue weighted by atomic mass is 10.1. The Morgan fingerprint density at radius 1 is 1.06 bits per heavy atom. The minimum absolute atomic E-state index is 0.685. The maximum atomic E-state index is 4.76. The van der Waals surface area contributed by atoms with Crippen LogP contribution in [0.4, 0.5) is 0 Å². The van der Waals surface area contributed by atoms with Gasteiger partial charge in [0.15, 0.2) is 0 Å². The zero-order chi connectivity index (χ0) is 11.5. The Kier molecular flexibility index (Phi) is 3.46. The van der Waals surface area contributed by atoms with Crippen molar-refractivity contribution in [2.24, 2.45) is 0 Å². The highest BCUT2D eigenvalue weighted by Gasteiger charge is 2.18. The Labute approximate surface area is 104 Å². The van der Waals surface area contributed by atoms with E-state index in [0.29, 0.717) is 6.04 Å². The van der Waals surface area contributed by atoms with Crippen molar-refractivity contribution in [2.75, 3.05) is 13.1 Å². The van der Waals surface area contributed by atoms with Gasteiger partial charge in [0.2, 0.25) is 0 Å². The molecule has 94 valence electrons. The molecule has 1 aliphatic carbocycles. The Morgan fingerprint density at radius 2 is 1.82 bits per heavy atom.